The first-order valence-electron chi connectivity index (χ1n) is 7.64. The monoisotopic (exact) mass is 254 g/mol. The molecule has 2 aliphatic rings. The van der Waals surface area contributed by atoms with Crippen molar-refractivity contribution in [2.45, 2.75) is 64.1 Å². The van der Waals surface area contributed by atoms with Gasteiger partial charge in [0.2, 0.25) is 0 Å². The third-order valence-corrected chi connectivity index (χ3v) is 5.16. The van der Waals surface area contributed by atoms with Crippen LogP contribution in [0.15, 0.2) is 0 Å². The highest BCUT2D eigenvalue weighted by atomic mass is 16.5. The Kier molecular flexibility index (Phi) is 5.05. The van der Waals surface area contributed by atoms with Crippen LogP contribution < -0.4 is 5.73 Å². The summed E-state index contributed by atoms with van der Waals surface area (Å²) in [6, 6.07) is 1.28. The summed E-state index contributed by atoms with van der Waals surface area (Å²) in [4.78, 5) is 2.70. The molecule has 1 saturated heterocycles. The van der Waals surface area contributed by atoms with Gasteiger partial charge in [0.1, 0.15) is 0 Å². The van der Waals surface area contributed by atoms with Crippen LogP contribution in [0.5, 0.6) is 0 Å². The van der Waals surface area contributed by atoms with Gasteiger partial charge in [-0.15, -0.1) is 0 Å². The number of likely N-dealkylation sites (tertiary alicyclic amines) is 1. The number of ether oxygens (including phenoxy) is 1. The topological polar surface area (TPSA) is 38.5 Å². The Labute approximate surface area is 112 Å². The number of hydrogen-bond acceptors (Lipinski definition) is 3. The summed E-state index contributed by atoms with van der Waals surface area (Å²) in [7, 11) is 1.83. The van der Waals surface area contributed by atoms with Crippen LogP contribution in [0.3, 0.4) is 0 Å². The van der Waals surface area contributed by atoms with E-state index < -0.39 is 0 Å². The highest BCUT2D eigenvalue weighted by Crippen LogP contribution is 2.35. The molecule has 1 aliphatic heterocycles. The lowest BCUT2D eigenvalue weighted by molar-refractivity contribution is -0.0273. The van der Waals surface area contributed by atoms with Gasteiger partial charge in [-0.2, -0.15) is 0 Å². The Morgan fingerprint density at radius 1 is 1.17 bits per heavy atom. The predicted octanol–water partition coefficient (Wildman–Crippen LogP) is 2.25. The van der Waals surface area contributed by atoms with E-state index in [0.717, 1.165) is 30.8 Å². The average molecular weight is 254 g/mol. The lowest BCUT2D eigenvalue weighted by Gasteiger charge is -2.48. The van der Waals surface area contributed by atoms with E-state index in [0.29, 0.717) is 12.1 Å². The Morgan fingerprint density at radius 2 is 1.94 bits per heavy atom. The van der Waals surface area contributed by atoms with E-state index in [1.807, 2.05) is 7.11 Å². The zero-order valence-corrected chi connectivity index (χ0v) is 12.3. The number of methoxy groups -OCH3 is 1. The van der Waals surface area contributed by atoms with Gasteiger partial charge in [-0.05, 0) is 37.5 Å². The first kappa shape index (κ1) is 14.3. The van der Waals surface area contributed by atoms with Gasteiger partial charge in [-0.3, -0.25) is 4.90 Å². The summed E-state index contributed by atoms with van der Waals surface area (Å²) in [5, 5.41) is 0. The van der Waals surface area contributed by atoms with Gasteiger partial charge in [0, 0.05) is 32.3 Å². The van der Waals surface area contributed by atoms with Crippen LogP contribution >= 0.6 is 0 Å². The maximum Gasteiger partial charge on any atom is 0.0599 e. The van der Waals surface area contributed by atoms with Gasteiger partial charge in [-0.25, -0.2) is 0 Å². The molecular weight excluding hydrogens is 224 g/mol. The number of rotatable bonds is 3. The van der Waals surface area contributed by atoms with Crippen molar-refractivity contribution in [2.75, 3.05) is 20.2 Å². The minimum absolute atomic E-state index is 0.422. The van der Waals surface area contributed by atoms with E-state index in [9.17, 15) is 0 Å². The SMILES string of the molecule is COC1CCN(C2CC(C)CCC2C)C(CN)C1. The highest BCUT2D eigenvalue weighted by molar-refractivity contribution is 4.91. The predicted molar refractivity (Wildman–Crippen MR) is 75.5 cm³/mol. The van der Waals surface area contributed by atoms with Gasteiger partial charge >= 0.3 is 0 Å². The van der Waals surface area contributed by atoms with Crippen molar-refractivity contribution >= 4 is 0 Å². The van der Waals surface area contributed by atoms with Crippen LogP contribution in [-0.2, 0) is 4.74 Å². The van der Waals surface area contributed by atoms with Gasteiger partial charge in [0.05, 0.1) is 6.10 Å². The van der Waals surface area contributed by atoms with E-state index in [2.05, 4.69) is 18.7 Å². The van der Waals surface area contributed by atoms with Crippen LogP contribution in [0.2, 0.25) is 0 Å². The Balaban J connectivity index is 2.01. The fourth-order valence-electron chi connectivity index (χ4n) is 3.88. The van der Waals surface area contributed by atoms with Crippen molar-refractivity contribution in [3.8, 4) is 0 Å². The first-order chi connectivity index (χ1) is 8.65. The molecule has 1 aliphatic carbocycles. The van der Waals surface area contributed by atoms with Crippen molar-refractivity contribution in [2.24, 2.45) is 17.6 Å². The van der Waals surface area contributed by atoms with E-state index in [-0.39, 0.29) is 0 Å². The maximum absolute atomic E-state index is 6.00. The second-order valence-electron chi connectivity index (χ2n) is 6.47. The largest absolute Gasteiger partial charge is 0.381 e. The number of hydrogen-bond donors (Lipinski definition) is 1. The third-order valence-electron chi connectivity index (χ3n) is 5.16. The summed E-state index contributed by atoms with van der Waals surface area (Å²) >= 11 is 0. The van der Waals surface area contributed by atoms with E-state index >= 15 is 0 Å². The van der Waals surface area contributed by atoms with Crippen LogP contribution in [0.1, 0.15) is 46.0 Å². The molecule has 0 spiro atoms. The minimum atomic E-state index is 0.422. The number of nitrogens with zero attached hydrogens (tertiary/aromatic N) is 1. The zero-order valence-electron chi connectivity index (χ0n) is 12.3. The lowest BCUT2D eigenvalue weighted by atomic mass is 9.78. The number of piperidine rings is 1. The fraction of sp³-hybridized carbons (Fsp3) is 1.00. The third kappa shape index (κ3) is 3.06. The van der Waals surface area contributed by atoms with Crippen LogP contribution in [0, 0.1) is 11.8 Å². The summed E-state index contributed by atoms with van der Waals surface area (Å²) in [5.74, 6) is 1.71. The molecule has 0 aromatic rings. The van der Waals surface area contributed by atoms with Crippen LogP contribution in [-0.4, -0.2) is 43.3 Å². The standard InChI is InChI=1S/C15H30N2O/c1-11-4-5-12(2)15(8-11)17-7-6-14(18-3)9-13(17)10-16/h11-15H,4-10,16H2,1-3H3. The molecule has 0 aromatic carbocycles. The van der Waals surface area contributed by atoms with Crippen LogP contribution in [0.25, 0.3) is 0 Å². The van der Waals surface area contributed by atoms with Gasteiger partial charge in [0.25, 0.3) is 0 Å². The van der Waals surface area contributed by atoms with Crippen molar-refractivity contribution in [3.63, 3.8) is 0 Å². The molecular formula is C15H30N2O. The first-order valence-corrected chi connectivity index (χ1v) is 7.64. The molecule has 0 amide bonds. The molecule has 3 heteroatoms. The Hall–Kier alpha value is -0.120. The molecule has 3 nitrogen and oxygen atoms in total. The summed E-state index contributed by atoms with van der Waals surface area (Å²) in [6.07, 6.45) is 6.85. The molecule has 106 valence electrons. The summed E-state index contributed by atoms with van der Waals surface area (Å²) < 4.78 is 5.52. The van der Waals surface area contributed by atoms with Crippen molar-refractivity contribution < 1.29 is 4.74 Å². The average Bonchev–Trinajstić information content (AvgIpc) is 2.41. The summed E-state index contributed by atoms with van der Waals surface area (Å²) in [5.41, 5.74) is 6.00. The molecule has 5 unspecified atom stereocenters. The fourth-order valence-corrected chi connectivity index (χ4v) is 3.88. The molecule has 5 atom stereocenters. The zero-order chi connectivity index (χ0) is 13.1. The molecule has 2 N–H and O–H groups in total. The van der Waals surface area contributed by atoms with E-state index in [4.69, 9.17) is 10.5 Å². The normalized spacial score (nSPS) is 43.0. The highest BCUT2D eigenvalue weighted by Gasteiger charge is 2.36. The Bertz CT molecular complexity index is 259. The van der Waals surface area contributed by atoms with Crippen molar-refractivity contribution in [1.29, 1.82) is 0 Å². The molecule has 2 fully saturated rings. The molecule has 2 rings (SSSR count). The Morgan fingerprint density at radius 3 is 2.61 bits per heavy atom. The van der Waals surface area contributed by atoms with Crippen molar-refractivity contribution in [3.05, 3.63) is 0 Å². The quantitative estimate of drug-likeness (QED) is 0.839. The number of nitrogens with two attached hydrogens (primary N) is 1. The summed E-state index contributed by atoms with van der Waals surface area (Å²) in [6.45, 7) is 6.77. The van der Waals surface area contributed by atoms with Gasteiger partial charge in [0.15, 0.2) is 0 Å². The smallest absolute Gasteiger partial charge is 0.0599 e. The molecule has 0 radical (unpaired) electrons. The molecule has 0 aromatic heterocycles. The van der Waals surface area contributed by atoms with Gasteiger partial charge < -0.3 is 10.5 Å². The minimum Gasteiger partial charge on any atom is -0.381 e. The van der Waals surface area contributed by atoms with Crippen molar-refractivity contribution in [1.82, 2.24) is 4.90 Å². The lowest BCUT2D eigenvalue weighted by Crippen LogP contribution is -2.55. The molecule has 18 heavy (non-hydrogen) atoms. The molecule has 1 heterocycles. The van der Waals surface area contributed by atoms with Crippen LogP contribution in [0.4, 0.5) is 0 Å². The maximum atomic E-state index is 6.00. The molecule has 0 bridgehead atoms. The van der Waals surface area contributed by atoms with E-state index in [1.54, 1.807) is 0 Å². The second-order valence-corrected chi connectivity index (χ2v) is 6.47. The van der Waals surface area contributed by atoms with E-state index in [1.165, 1.54) is 32.2 Å². The van der Waals surface area contributed by atoms with Gasteiger partial charge in [-0.1, -0.05) is 20.3 Å². The molecule has 1 saturated carbocycles. The second kappa shape index (κ2) is 6.36.